The fourth-order valence-electron chi connectivity index (χ4n) is 3.49. The summed E-state index contributed by atoms with van der Waals surface area (Å²) in [6.07, 6.45) is 3.32. The van der Waals surface area contributed by atoms with Crippen LogP contribution in [-0.4, -0.2) is 33.1 Å². The maximum absolute atomic E-state index is 12.8. The lowest BCUT2D eigenvalue weighted by molar-refractivity contribution is 0.0602. The van der Waals surface area contributed by atoms with Crippen LogP contribution < -0.4 is 4.72 Å². The van der Waals surface area contributed by atoms with E-state index in [2.05, 4.69) is 9.46 Å². The SMILES string of the molecule is COC(=O)c1sccc1S(=O)(=O)NCC1(c2ccc([C@@H](C)O)s2)CCCC1. The molecule has 0 radical (unpaired) electrons. The number of nitrogens with one attached hydrogen (secondary N) is 1. The quantitative estimate of drug-likeness (QED) is 0.658. The van der Waals surface area contributed by atoms with Gasteiger partial charge in [-0.3, -0.25) is 0 Å². The van der Waals surface area contributed by atoms with Gasteiger partial charge in [-0.1, -0.05) is 12.8 Å². The largest absolute Gasteiger partial charge is 0.465 e. The van der Waals surface area contributed by atoms with E-state index in [0.717, 1.165) is 46.8 Å². The molecular formula is C18H23NO5S3. The van der Waals surface area contributed by atoms with Crippen LogP contribution in [0.25, 0.3) is 0 Å². The molecule has 2 aromatic rings. The molecule has 2 aromatic heterocycles. The number of carbonyl (C=O) groups is 1. The van der Waals surface area contributed by atoms with Crippen molar-refractivity contribution >= 4 is 38.7 Å². The summed E-state index contributed by atoms with van der Waals surface area (Å²) in [5.74, 6) is -0.652. The average Bonchev–Trinajstić information content (AvgIpc) is 3.39. The summed E-state index contributed by atoms with van der Waals surface area (Å²) in [5, 5.41) is 11.4. The highest BCUT2D eigenvalue weighted by atomic mass is 32.2. The average molecular weight is 430 g/mol. The van der Waals surface area contributed by atoms with Crippen molar-refractivity contribution < 1.29 is 23.1 Å². The van der Waals surface area contributed by atoms with Crippen molar-refractivity contribution in [2.75, 3.05) is 13.7 Å². The monoisotopic (exact) mass is 429 g/mol. The molecule has 0 aromatic carbocycles. The molecule has 3 rings (SSSR count). The van der Waals surface area contributed by atoms with Crippen LogP contribution in [0.4, 0.5) is 0 Å². The van der Waals surface area contributed by atoms with Gasteiger partial charge in [0, 0.05) is 21.7 Å². The summed E-state index contributed by atoms with van der Waals surface area (Å²) in [5.41, 5.74) is -0.272. The topological polar surface area (TPSA) is 92.7 Å². The van der Waals surface area contributed by atoms with E-state index in [-0.39, 0.29) is 21.7 Å². The molecule has 0 bridgehead atoms. The van der Waals surface area contributed by atoms with Gasteiger partial charge in [0.2, 0.25) is 10.0 Å². The minimum absolute atomic E-state index is 0.0386. The molecule has 1 aliphatic carbocycles. The highest BCUT2D eigenvalue weighted by Crippen LogP contribution is 2.44. The second-order valence-corrected chi connectivity index (χ2v) is 10.6. The number of sulfonamides is 1. The first kappa shape index (κ1) is 20.5. The van der Waals surface area contributed by atoms with Gasteiger partial charge in [-0.05, 0) is 43.3 Å². The van der Waals surface area contributed by atoms with E-state index >= 15 is 0 Å². The standard InChI is InChI=1S/C18H23NO5S3/c1-12(20)13-5-6-15(26-13)18(8-3-4-9-18)11-19-27(22,23)14-7-10-25-16(14)17(21)24-2/h5-7,10,12,19-20H,3-4,8-9,11H2,1-2H3/t12-/m1/s1. The number of hydrogen-bond donors (Lipinski definition) is 2. The van der Waals surface area contributed by atoms with E-state index < -0.39 is 22.1 Å². The van der Waals surface area contributed by atoms with Crippen molar-refractivity contribution in [3.8, 4) is 0 Å². The smallest absolute Gasteiger partial charge is 0.349 e. The number of aliphatic hydroxyl groups excluding tert-OH is 1. The number of carbonyl (C=O) groups excluding carboxylic acids is 1. The van der Waals surface area contributed by atoms with Gasteiger partial charge in [0.25, 0.3) is 0 Å². The van der Waals surface area contributed by atoms with Gasteiger partial charge in [-0.2, -0.15) is 0 Å². The number of aliphatic hydroxyl groups is 1. The van der Waals surface area contributed by atoms with E-state index in [0.29, 0.717) is 0 Å². The molecule has 2 heterocycles. The van der Waals surface area contributed by atoms with E-state index in [4.69, 9.17) is 0 Å². The van der Waals surface area contributed by atoms with Crippen LogP contribution in [0.1, 0.15) is 58.1 Å². The Balaban J connectivity index is 1.84. The summed E-state index contributed by atoms with van der Waals surface area (Å²) >= 11 is 2.59. The Kier molecular flexibility index (Phi) is 6.07. The Morgan fingerprint density at radius 3 is 2.63 bits per heavy atom. The first-order valence-corrected chi connectivity index (χ1v) is 11.9. The van der Waals surface area contributed by atoms with Crippen molar-refractivity contribution in [3.63, 3.8) is 0 Å². The van der Waals surface area contributed by atoms with Gasteiger partial charge in [0.1, 0.15) is 9.77 Å². The van der Waals surface area contributed by atoms with Crippen LogP contribution in [-0.2, 0) is 20.2 Å². The van der Waals surface area contributed by atoms with Gasteiger partial charge < -0.3 is 9.84 Å². The second kappa shape index (κ2) is 8.00. The number of esters is 1. The van der Waals surface area contributed by atoms with E-state index in [9.17, 15) is 18.3 Å². The molecule has 0 amide bonds. The zero-order valence-corrected chi connectivity index (χ0v) is 17.7. The molecule has 2 N–H and O–H groups in total. The van der Waals surface area contributed by atoms with E-state index in [1.807, 2.05) is 12.1 Å². The predicted molar refractivity (Wildman–Crippen MR) is 106 cm³/mol. The third-order valence-corrected chi connectivity index (χ3v) is 8.98. The Bertz CT molecular complexity index is 907. The minimum Gasteiger partial charge on any atom is -0.465 e. The van der Waals surface area contributed by atoms with Gasteiger partial charge in [-0.25, -0.2) is 17.9 Å². The highest BCUT2D eigenvalue weighted by molar-refractivity contribution is 7.89. The number of methoxy groups -OCH3 is 1. The third kappa shape index (κ3) is 4.12. The summed E-state index contributed by atoms with van der Waals surface area (Å²) in [7, 11) is -2.60. The summed E-state index contributed by atoms with van der Waals surface area (Å²) < 4.78 is 33.1. The Labute approximate surface area is 167 Å². The maximum Gasteiger partial charge on any atom is 0.349 e. The molecule has 148 valence electrons. The normalized spacial score (nSPS) is 17.7. The number of thiophene rings is 2. The van der Waals surface area contributed by atoms with Crippen molar-refractivity contribution in [3.05, 3.63) is 38.2 Å². The molecule has 1 fully saturated rings. The summed E-state index contributed by atoms with van der Waals surface area (Å²) in [6.45, 7) is 2.00. The fourth-order valence-corrected chi connectivity index (χ4v) is 7.14. The minimum atomic E-state index is -3.83. The molecule has 1 aliphatic rings. The van der Waals surface area contributed by atoms with Gasteiger partial charge >= 0.3 is 5.97 Å². The van der Waals surface area contributed by atoms with Crippen LogP contribution in [0, 0.1) is 0 Å². The fraction of sp³-hybridized carbons (Fsp3) is 0.500. The highest BCUT2D eigenvalue weighted by Gasteiger charge is 2.38. The number of ether oxygens (including phenoxy) is 1. The molecule has 9 heteroatoms. The predicted octanol–water partition coefficient (Wildman–Crippen LogP) is 3.44. The molecule has 1 atom stereocenters. The Morgan fingerprint density at radius 1 is 1.33 bits per heavy atom. The van der Waals surface area contributed by atoms with Crippen molar-refractivity contribution in [2.45, 2.75) is 49.0 Å². The van der Waals surface area contributed by atoms with Crippen LogP contribution >= 0.6 is 22.7 Å². The van der Waals surface area contributed by atoms with Crippen LogP contribution in [0.3, 0.4) is 0 Å². The Morgan fingerprint density at radius 2 is 2.04 bits per heavy atom. The molecular weight excluding hydrogens is 406 g/mol. The summed E-state index contributed by atoms with van der Waals surface area (Å²) in [4.78, 5) is 13.8. The van der Waals surface area contributed by atoms with Crippen LogP contribution in [0.5, 0.6) is 0 Å². The van der Waals surface area contributed by atoms with Gasteiger partial charge in [0.05, 0.1) is 13.2 Å². The van der Waals surface area contributed by atoms with Crippen molar-refractivity contribution in [1.29, 1.82) is 0 Å². The zero-order valence-electron chi connectivity index (χ0n) is 15.2. The van der Waals surface area contributed by atoms with Gasteiger partial charge in [-0.15, -0.1) is 22.7 Å². The molecule has 0 saturated heterocycles. The second-order valence-electron chi connectivity index (χ2n) is 6.80. The number of hydrogen-bond acceptors (Lipinski definition) is 7. The molecule has 1 saturated carbocycles. The molecule has 0 spiro atoms. The molecule has 0 unspecified atom stereocenters. The first-order valence-electron chi connectivity index (χ1n) is 8.73. The third-order valence-electron chi connectivity index (χ3n) is 5.01. The Hall–Kier alpha value is -1.26. The van der Waals surface area contributed by atoms with Gasteiger partial charge in [0.15, 0.2) is 0 Å². The molecule has 0 aliphatic heterocycles. The summed E-state index contributed by atoms with van der Waals surface area (Å²) in [6, 6.07) is 5.33. The lowest BCUT2D eigenvalue weighted by atomic mass is 9.85. The zero-order chi connectivity index (χ0) is 19.7. The number of rotatable bonds is 7. The molecule has 6 nitrogen and oxygen atoms in total. The van der Waals surface area contributed by atoms with E-state index in [1.54, 1.807) is 12.3 Å². The van der Waals surface area contributed by atoms with Crippen LogP contribution in [0.15, 0.2) is 28.5 Å². The lowest BCUT2D eigenvalue weighted by Crippen LogP contribution is -2.38. The molecule has 27 heavy (non-hydrogen) atoms. The van der Waals surface area contributed by atoms with Crippen molar-refractivity contribution in [1.82, 2.24) is 4.72 Å². The van der Waals surface area contributed by atoms with Crippen molar-refractivity contribution in [2.24, 2.45) is 0 Å². The van der Waals surface area contributed by atoms with Crippen LogP contribution in [0.2, 0.25) is 0 Å². The maximum atomic E-state index is 12.8. The van der Waals surface area contributed by atoms with E-state index in [1.165, 1.54) is 24.5 Å². The first-order chi connectivity index (χ1) is 12.8. The lowest BCUT2D eigenvalue weighted by Gasteiger charge is -2.28.